The summed E-state index contributed by atoms with van der Waals surface area (Å²) in [7, 11) is 2.02. The second-order valence-corrected chi connectivity index (χ2v) is 8.07. The summed E-state index contributed by atoms with van der Waals surface area (Å²) < 4.78 is 5.90. The Balaban J connectivity index is 1.44. The van der Waals surface area contributed by atoms with Crippen LogP contribution in [0.3, 0.4) is 0 Å². The molecule has 1 aromatic carbocycles. The third-order valence-corrected chi connectivity index (χ3v) is 6.07. The van der Waals surface area contributed by atoms with Gasteiger partial charge in [-0.1, -0.05) is 29.8 Å². The number of thiophene rings is 1. The Morgan fingerprint density at radius 2 is 2.00 bits per heavy atom. The molecule has 4 nitrogen and oxygen atoms in total. The van der Waals surface area contributed by atoms with Crippen LogP contribution in [-0.4, -0.2) is 22.1 Å². The van der Waals surface area contributed by atoms with E-state index in [-0.39, 0.29) is 0 Å². The minimum Gasteiger partial charge on any atom is -0.419 e. The van der Waals surface area contributed by atoms with Crippen molar-refractivity contribution in [1.29, 1.82) is 0 Å². The van der Waals surface area contributed by atoms with Crippen molar-refractivity contribution in [3.63, 3.8) is 0 Å². The van der Waals surface area contributed by atoms with Crippen LogP contribution in [0.5, 0.6) is 0 Å². The van der Waals surface area contributed by atoms with Crippen molar-refractivity contribution in [2.45, 2.75) is 38.8 Å². The van der Waals surface area contributed by atoms with E-state index in [1.165, 1.54) is 36.1 Å². The van der Waals surface area contributed by atoms with E-state index in [2.05, 4.69) is 21.2 Å². The van der Waals surface area contributed by atoms with Gasteiger partial charge in [0.25, 0.3) is 5.89 Å². The number of benzene rings is 1. The molecule has 1 aliphatic rings. The molecule has 2 heterocycles. The first-order valence-corrected chi connectivity index (χ1v) is 9.75. The van der Waals surface area contributed by atoms with Gasteiger partial charge in [0.15, 0.2) is 0 Å². The van der Waals surface area contributed by atoms with Gasteiger partial charge in [0, 0.05) is 16.4 Å². The molecule has 0 saturated heterocycles. The molecule has 0 atom stereocenters. The Hall–Kier alpha value is -1.69. The predicted octanol–water partition coefficient (Wildman–Crippen LogP) is 4.96. The van der Waals surface area contributed by atoms with Crippen LogP contribution in [0, 0.1) is 0 Å². The van der Waals surface area contributed by atoms with Crippen LogP contribution in [0.2, 0.25) is 5.02 Å². The lowest BCUT2D eigenvalue weighted by Gasteiger charge is -2.15. The van der Waals surface area contributed by atoms with Gasteiger partial charge < -0.3 is 4.42 Å². The molecular formula is C19H20ClN3OS. The fourth-order valence-electron chi connectivity index (χ4n) is 3.22. The standard InChI is InChI=1S/C19H20ClN3OS/c1-23(11-14-7-2-4-8-15(14)20)12-18-21-22-19(24-18)17-10-13-6-3-5-9-16(13)25-17/h2,4,7-8,10H,3,5-6,9,11-12H2,1H3. The zero-order valence-corrected chi connectivity index (χ0v) is 15.7. The molecule has 25 heavy (non-hydrogen) atoms. The van der Waals surface area contributed by atoms with Crippen LogP contribution in [0.15, 0.2) is 34.7 Å². The Morgan fingerprint density at radius 1 is 1.16 bits per heavy atom. The van der Waals surface area contributed by atoms with Crippen LogP contribution in [-0.2, 0) is 25.9 Å². The van der Waals surface area contributed by atoms with Crippen molar-refractivity contribution in [2.75, 3.05) is 7.05 Å². The van der Waals surface area contributed by atoms with Crippen molar-refractivity contribution < 1.29 is 4.42 Å². The lowest BCUT2D eigenvalue weighted by atomic mass is 9.99. The van der Waals surface area contributed by atoms with E-state index in [1.807, 2.05) is 31.3 Å². The second-order valence-electron chi connectivity index (χ2n) is 6.53. The third kappa shape index (κ3) is 3.78. The summed E-state index contributed by atoms with van der Waals surface area (Å²) in [6.07, 6.45) is 4.93. The van der Waals surface area contributed by atoms with E-state index in [9.17, 15) is 0 Å². The number of rotatable bonds is 5. The molecule has 0 fully saturated rings. The molecule has 0 aliphatic heterocycles. The number of hydrogen-bond acceptors (Lipinski definition) is 5. The molecular weight excluding hydrogens is 354 g/mol. The smallest absolute Gasteiger partial charge is 0.257 e. The molecule has 0 bridgehead atoms. The molecule has 0 spiro atoms. The molecule has 0 saturated carbocycles. The fourth-order valence-corrected chi connectivity index (χ4v) is 4.59. The first-order chi connectivity index (χ1) is 12.2. The van der Waals surface area contributed by atoms with Crippen LogP contribution in [0.1, 0.15) is 34.7 Å². The normalized spacial score (nSPS) is 14.0. The number of aryl methyl sites for hydroxylation is 2. The predicted molar refractivity (Wildman–Crippen MR) is 101 cm³/mol. The maximum Gasteiger partial charge on any atom is 0.257 e. The van der Waals surface area contributed by atoms with Crippen LogP contribution < -0.4 is 0 Å². The van der Waals surface area contributed by atoms with Crippen molar-refractivity contribution in [2.24, 2.45) is 0 Å². The summed E-state index contributed by atoms with van der Waals surface area (Å²) >= 11 is 8.03. The molecule has 4 rings (SSSR count). The van der Waals surface area contributed by atoms with Crippen molar-refractivity contribution in [1.82, 2.24) is 15.1 Å². The minimum atomic E-state index is 0.601. The molecule has 1 aliphatic carbocycles. The van der Waals surface area contributed by atoms with E-state index >= 15 is 0 Å². The Bertz CT molecular complexity index is 850. The highest BCUT2D eigenvalue weighted by Crippen LogP contribution is 2.35. The highest BCUT2D eigenvalue weighted by atomic mass is 35.5. The van der Waals surface area contributed by atoms with Crippen LogP contribution in [0.25, 0.3) is 10.8 Å². The van der Waals surface area contributed by atoms with Crippen molar-refractivity contribution in [3.8, 4) is 10.8 Å². The highest BCUT2D eigenvalue weighted by Gasteiger charge is 2.18. The summed E-state index contributed by atoms with van der Waals surface area (Å²) in [4.78, 5) is 4.70. The van der Waals surface area contributed by atoms with E-state index < -0.39 is 0 Å². The van der Waals surface area contributed by atoms with E-state index in [4.69, 9.17) is 16.0 Å². The Kier molecular flexibility index (Phi) is 4.88. The monoisotopic (exact) mass is 373 g/mol. The average molecular weight is 374 g/mol. The summed E-state index contributed by atoms with van der Waals surface area (Å²) in [5.74, 6) is 1.27. The van der Waals surface area contributed by atoms with Gasteiger partial charge in [-0.3, -0.25) is 4.90 Å². The number of hydrogen-bond donors (Lipinski definition) is 0. The van der Waals surface area contributed by atoms with E-state index in [0.717, 1.165) is 22.0 Å². The quantitative estimate of drug-likeness (QED) is 0.633. The van der Waals surface area contributed by atoms with Gasteiger partial charge in [0.05, 0.1) is 11.4 Å². The zero-order chi connectivity index (χ0) is 17.2. The lowest BCUT2D eigenvalue weighted by molar-refractivity contribution is 0.283. The second kappa shape index (κ2) is 7.28. The van der Waals surface area contributed by atoms with Gasteiger partial charge in [0.2, 0.25) is 5.89 Å². The summed E-state index contributed by atoms with van der Waals surface area (Å²) in [5, 5.41) is 9.25. The summed E-state index contributed by atoms with van der Waals surface area (Å²) in [6, 6.07) is 10.1. The number of fused-ring (bicyclic) bond motifs is 1. The maximum absolute atomic E-state index is 6.23. The van der Waals surface area contributed by atoms with Gasteiger partial charge >= 0.3 is 0 Å². The van der Waals surface area contributed by atoms with E-state index in [1.54, 1.807) is 11.3 Å². The van der Waals surface area contributed by atoms with Crippen molar-refractivity contribution in [3.05, 3.63) is 57.2 Å². The molecule has 0 unspecified atom stereocenters. The Morgan fingerprint density at radius 3 is 2.84 bits per heavy atom. The SMILES string of the molecule is CN(Cc1nnc(-c2cc3c(s2)CCCC3)o1)Cc1ccccc1Cl. The van der Waals surface area contributed by atoms with Crippen molar-refractivity contribution >= 4 is 22.9 Å². The number of nitrogens with zero attached hydrogens (tertiary/aromatic N) is 3. The van der Waals surface area contributed by atoms with Crippen LogP contribution in [0.4, 0.5) is 0 Å². The average Bonchev–Trinajstić information content (AvgIpc) is 3.23. The molecule has 0 N–H and O–H groups in total. The van der Waals surface area contributed by atoms with Gasteiger partial charge in [0.1, 0.15) is 0 Å². The summed E-state index contributed by atoms with van der Waals surface area (Å²) in [5.41, 5.74) is 2.55. The van der Waals surface area contributed by atoms with Crippen LogP contribution >= 0.6 is 22.9 Å². The first kappa shape index (κ1) is 16.8. The fraction of sp³-hybridized carbons (Fsp3) is 0.368. The van der Waals surface area contributed by atoms with Gasteiger partial charge in [-0.05, 0) is 56.0 Å². The van der Waals surface area contributed by atoms with Gasteiger partial charge in [-0.2, -0.15) is 0 Å². The highest BCUT2D eigenvalue weighted by molar-refractivity contribution is 7.15. The Labute approximate surface area is 156 Å². The number of aromatic nitrogens is 2. The van der Waals surface area contributed by atoms with Gasteiger partial charge in [-0.15, -0.1) is 21.5 Å². The zero-order valence-electron chi connectivity index (χ0n) is 14.2. The molecule has 6 heteroatoms. The van der Waals surface area contributed by atoms with Gasteiger partial charge in [-0.25, -0.2) is 0 Å². The molecule has 0 amide bonds. The molecule has 3 aromatic rings. The number of halogens is 1. The molecule has 0 radical (unpaired) electrons. The summed E-state index contributed by atoms with van der Waals surface area (Å²) in [6.45, 7) is 1.34. The largest absolute Gasteiger partial charge is 0.419 e. The topological polar surface area (TPSA) is 42.2 Å². The maximum atomic E-state index is 6.23. The molecule has 2 aromatic heterocycles. The lowest BCUT2D eigenvalue weighted by Crippen LogP contribution is -2.17. The third-order valence-electron chi connectivity index (χ3n) is 4.48. The minimum absolute atomic E-state index is 0.601. The first-order valence-electron chi connectivity index (χ1n) is 8.55. The molecule has 130 valence electrons. The van der Waals surface area contributed by atoms with E-state index in [0.29, 0.717) is 18.3 Å².